The topological polar surface area (TPSA) is 45.7 Å². The number of pyridine rings is 1. The molecule has 140 valence electrons. The molecule has 0 aliphatic carbocycles. The highest BCUT2D eigenvalue weighted by Gasteiger charge is 2.34. The predicted octanol–water partition coefficient (Wildman–Crippen LogP) is 3.68. The molecule has 2 aliphatic rings. The van der Waals surface area contributed by atoms with Gasteiger partial charge in [0.15, 0.2) is 0 Å². The number of rotatable bonds is 3. The Bertz CT molecular complexity index is 936. The van der Waals surface area contributed by atoms with Crippen molar-refractivity contribution in [2.45, 2.75) is 19.9 Å². The van der Waals surface area contributed by atoms with E-state index in [1.54, 1.807) is 4.90 Å². The van der Waals surface area contributed by atoms with Crippen molar-refractivity contribution in [2.24, 2.45) is 0 Å². The van der Waals surface area contributed by atoms with Crippen molar-refractivity contribution in [3.8, 4) is 0 Å². The Morgan fingerprint density at radius 2 is 2.00 bits per heavy atom. The van der Waals surface area contributed by atoms with Gasteiger partial charge in [0, 0.05) is 30.1 Å². The Morgan fingerprint density at radius 1 is 1.26 bits per heavy atom. The molecule has 0 atom stereocenters. The fraction of sp³-hybridized carbons (Fsp3) is 0.350. The number of thiocarbonyl (C=S) groups is 1. The molecule has 2 fully saturated rings. The van der Waals surface area contributed by atoms with Gasteiger partial charge in [-0.25, -0.2) is 4.98 Å². The van der Waals surface area contributed by atoms with E-state index in [-0.39, 0.29) is 11.9 Å². The zero-order chi connectivity index (χ0) is 19.0. The molecule has 1 aromatic heterocycles. The third-order valence-electron chi connectivity index (χ3n) is 4.67. The van der Waals surface area contributed by atoms with Crippen molar-refractivity contribution >= 4 is 57.0 Å². The number of hydrogen-bond donors (Lipinski definition) is 0. The van der Waals surface area contributed by atoms with Crippen LogP contribution in [0.15, 0.2) is 35.2 Å². The lowest BCUT2D eigenvalue weighted by Crippen LogP contribution is -2.37. The van der Waals surface area contributed by atoms with E-state index in [0.717, 1.165) is 35.4 Å². The molecule has 4 rings (SSSR count). The van der Waals surface area contributed by atoms with Crippen LogP contribution in [0, 0.1) is 0 Å². The van der Waals surface area contributed by atoms with Crippen LogP contribution in [0.2, 0.25) is 0 Å². The SMILES string of the molecule is CC(C)N1C(=O)/C(=C\c2cc3ccccc3nc2N2CCOCC2)SC1=S. The predicted molar refractivity (Wildman–Crippen MR) is 115 cm³/mol. The van der Waals surface area contributed by atoms with Crippen molar-refractivity contribution in [2.75, 3.05) is 31.2 Å². The second kappa shape index (κ2) is 7.58. The van der Waals surface area contributed by atoms with Crippen LogP contribution in [0.5, 0.6) is 0 Å². The summed E-state index contributed by atoms with van der Waals surface area (Å²) in [4.78, 5) is 22.3. The van der Waals surface area contributed by atoms with Crippen molar-refractivity contribution in [3.05, 3.63) is 40.8 Å². The number of carbonyl (C=O) groups excluding carboxylic acids is 1. The van der Waals surface area contributed by atoms with Gasteiger partial charge in [0.05, 0.1) is 23.6 Å². The number of carbonyl (C=O) groups is 1. The van der Waals surface area contributed by atoms with Gasteiger partial charge in [-0.05, 0) is 32.1 Å². The Balaban J connectivity index is 1.80. The zero-order valence-electron chi connectivity index (χ0n) is 15.3. The van der Waals surface area contributed by atoms with Gasteiger partial charge in [-0.3, -0.25) is 9.69 Å². The van der Waals surface area contributed by atoms with E-state index >= 15 is 0 Å². The largest absolute Gasteiger partial charge is 0.378 e. The summed E-state index contributed by atoms with van der Waals surface area (Å²) in [5, 5.41) is 1.06. The molecule has 0 unspecified atom stereocenters. The Labute approximate surface area is 168 Å². The Hall–Kier alpha value is -1.96. The highest BCUT2D eigenvalue weighted by atomic mass is 32.2. The highest BCUT2D eigenvalue weighted by molar-refractivity contribution is 8.26. The molecule has 2 aliphatic heterocycles. The van der Waals surface area contributed by atoms with Gasteiger partial charge in [0.2, 0.25) is 0 Å². The first-order valence-corrected chi connectivity index (χ1v) is 10.3. The molecule has 2 saturated heterocycles. The van der Waals surface area contributed by atoms with Crippen molar-refractivity contribution < 1.29 is 9.53 Å². The van der Waals surface area contributed by atoms with Gasteiger partial charge in [-0.2, -0.15) is 0 Å². The number of fused-ring (bicyclic) bond motifs is 1. The van der Waals surface area contributed by atoms with Crippen LogP contribution in [-0.4, -0.2) is 52.5 Å². The van der Waals surface area contributed by atoms with Gasteiger partial charge >= 0.3 is 0 Å². The minimum Gasteiger partial charge on any atom is -0.378 e. The van der Waals surface area contributed by atoms with Crippen LogP contribution in [0.4, 0.5) is 5.82 Å². The number of morpholine rings is 1. The maximum atomic E-state index is 12.8. The van der Waals surface area contributed by atoms with Gasteiger partial charge in [0.25, 0.3) is 5.91 Å². The number of nitrogens with zero attached hydrogens (tertiary/aromatic N) is 3. The molecule has 5 nitrogen and oxygen atoms in total. The summed E-state index contributed by atoms with van der Waals surface area (Å²) in [7, 11) is 0. The van der Waals surface area contributed by atoms with Crippen LogP contribution in [0.25, 0.3) is 17.0 Å². The van der Waals surface area contributed by atoms with Crippen molar-refractivity contribution in [1.29, 1.82) is 0 Å². The fourth-order valence-electron chi connectivity index (χ4n) is 3.32. The lowest BCUT2D eigenvalue weighted by Gasteiger charge is -2.29. The molecule has 2 aromatic rings. The monoisotopic (exact) mass is 399 g/mol. The second-order valence-corrected chi connectivity index (χ2v) is 8.51. The standard InChI is InChI=1S/C20H21N3O2S2/c1-13(2)23-19(24)17(27-20(23)26)12-15-11-14-5-3-4-6-16(14)21-18(15)22-7-9-25-10-8-22/h3-6,11-13H,7-10H2,1-2H3/b17-12+. The maximum Gasteiger partial charge on any atom is 0.266 e. The van der Waals surface area contributed by atoms with Gasteiger partial charge in [0.1, 0.15) is 10.1 Å². The molecular formula is C20H21N3O2S2. The number of thioether (sulfide) groups is 1. The molecule has 27 heavy (non-hydrogen) atoms. The van der Waals surface area contributed by atoms with E-state index in [2.05, 4.69) is 11.0 Å². The van der Waals surface area contributed by atoms with Crippen LogP contribution >= 0.6 is 24.0 Å². The molecule has 0 spiro atoms. The summed E-state index contributed by atoms with van der Waals surface area (Å²) in [5.74, 6) is 0.868. The third kappa shape index (κ3) is 3.59. The molecule has 0 radical (unpaired) electrons. The highest BCUT2D eigenvalue weighted by Crippen LogP contribution is 2.36. The molecule has 1 amide bonds. The van der Waals surface area contributed by atoms with Crippen molar-refractivity contribution in [3.63, 3.8) is 0 Å². The molecule has 0 N–H and O–H groups in total. The Morgan fingerprint density at radius 3 is 2.70 bits per heavy atom. The molecule has 0 bridgehead atoms. The third-order valence-corrected chi connectivity index (χ3v) is 6.00. The first-order valence-electron chi connectivity index (χ1n) is 9.04. The number of amides is 1. The fourth-order valence-corrected chi connectivity index (χ4v) is 4.84. The first kappa shape index (κ1) is 18.4. The van der Waals surface area contributed by atoms with Crippen LogP contribution in [-0.2, 0) is 9.53 Å². The maximum absolute atomic E-state index is 12.8. The zero-order valence-corrected chi connectivity index (χ0v) is 17.0. The minimum atomic E-state index is -0.0268. The van der Waals surface area contributed by atoms with E-state index in [4.69, 9.17) is 21.9 Å². The summed E-state index contributed by atoms with van der Waals surface area (Å²) in [6.45, 7) is 6.90. The summed E-state index contributed by atoms with van der Waals surface area (Å²) in [6, 6.07) is 10.2. The lowest BCUT2D eigenvalue weighted by molar-refractivity contribution is -0.123. The Kier molecular flexibility index (Phi) is 5.16. The van der Waals surface area contributed by atoms with Crippen LogP contribution < -0.4 is 4.90 Å². The number of para-hydroxylation sites is 1. The molecule has 3 heterocycles. The van der Waals surface area contributed by atoms with Gasteiger partial charge < -0.3 is 9.64 Å². The van der Waals surface area contributed by atoms with E-state index in [0.29, 0.717) is 22.4 Å². The van der Waals surface area contributed by atoms with E-state index < -0.39 is 0 Å². The van der Waals surface area contributed by atoms with E-state index in [1.807, 2.05) is 44.2 Å². The van der Waals surface area contributed by atoms with Gasteiger partial charge in [-0.1, -0.05) is 42.2 Å². The number of ether oxygens (including phenoxy) is 1. The second-order valence-electron chi connectivity index (χ2n) is 6.84. The minimum absolute atomic E-state index is 0.0268. The quantitative estimate of drug-likeness (QED) is 0.580. The number of hydrogen-bond acceptors (Lipinski definition) is 6. The molecule has 0 saturated carbocycles. The van der Waals surface area contributed by atoms with Crippen LogP contribution in [0.1, 0.15) is 19.4 Å². The van der Waals surface area contributed by atoms with Crippen LogP contribution in [0.3, 0.4) is 0 Å². The number of benzene rings is 1. The average Bonchev–Trinajstić information content (AvgIpc) is 2.95. The smallest absolute Gasteiger partial charge is 0.266 e. The van der Waals surface area contributed by atoms with Gasteiger partial charge in [-0.15, -0.1) is 0 Å². The summed E-state index contributed by atoms with van der Waals surface area (Å²) in [6.07, 6.45) is 1.94. The van der Waals surface area contributed by atoms with E-state index in [1.165, 1.54) is 11.8 Å². The molecule has 1 aromatic carbocycles. The first-order chi connectivity index (χ1) is 13.0. The normalized spacial score (nSPS) is 19.7. The lowest BCUT2D eigenvalue weighted by atomic mass is 10.1. The summed E-state index contributed by atoms with van der Waals surface area (Å²) in [5.41, 5.74) is 1.89. The number of aromatic nitrogens is 1. The molecule has 7 heteroatoms. The average molecular weight is 400 g/mol. The van der Waals surface area contributed by atoms with E-state index in [9.17, 15) is 4.79 Å². The molecular weight excluding hydrogens is 378 g/mol. The summed E-state index contributed by atoms with van der Waals surface area (Å²) < 4.78 is 6.10. The van der Waals surface area contributed by atoms with Crippen molar-refractivity contribution in [1.82, 2.24) is 9.88 Å². The summed E-state index contributed by atoms with van der Waals surface area (Å²) >= 11 is 6.77. The number of anilines is 1.